The summed E-state index contributed by atoms with van der Waals surface area (Å²) < 4.78 is 0. The fourth-order valence-corrected chi connectivity index (χ4v) is 2.89. The van der Waals surface area contributed by atoms with Crippen LogP contribution in [-0.2, 0) is 6.42 Å². The van der Waals surface area contributed by atoms with Crippen LogP contribution in [0.15, 0.2) is 34.6 Å². The molecule has 0 fully saturated rings. The Balaban J connectivity index is 2.05. The van der Waals surface area contributed by atoms with Crippen LogP contribution in [0.5, 0.6) is 0 Å². The lowest BCUT2D eigenvalue weighted by Crippen LogP contribution is -2.19. The molecule has 0 aliphatic heterocycles. The number of aromatic nitrogens is 2. The molecule has 0 amide bonds. The zero-order chi connectivity index (χ0) is 15.5. The first-order valence-corrected chi connectivity index (χ1v) is 7.91. The Morgan fingerprint density at radius 3 is 2.24 bits per heavy atom. The quantitative estimate of drug-likeness (QED) is 0.766. The van der Waals surface area contributed by atoms with Crippen LogP contribution in [0.4, 0.5) is 0 Å². The summed E-state index contributed by atoms with van der Waals surface area (Å²) in [5, 5.41) is 17.0. The summed E-state index contributed by atoms with van der Waals surface area (Å²) >= 11 is 0. The van der Waals surface area contributed by atoms with E-state index in [0.717, 1.165) is 38.5 Å². The van der Waals surface area contributed by atoms with Crippen LogP contribution in [0, 0.1) is 0 Å². The van der Waals surface area contributed by atoms with Crippen molar-refractivity contribution in [1.82, 2.24) is 10.2 Å². The molecule has 0 saturated carbocycles. The Morgan fingerprint density at radius 2 is 1.71 bits per heavy atom. The summed E-state index contributed by atoms with van der Waals surface area (Å²) in [7, 11) is 0. The maximum atomic E-state index is 9.98. The number of aromatic amines is 1. The third-order valence-corrected chi connectivity index (χ3v) is 4.48. The minimum absolute atomic E-state index is 0.578. The van der Waals surface area contributed by atoms with Gasteiger partial charge in [-0.1, -0.05) is 22.3 Å². The van der Waals surface area contributed by atoms with Crippen molar-refractivity contribution in [3.05, 3.63) is 40.2 Å². The number of aliphatic hydroxyl groups is 1. The number of aryl methyl sites for hydroxylation is 1. The van der Waals surface area contributed by atoms with Crippen LogP contribution < -0.4 is 0 Å². The van der Waals surface area contributed by atoms with Gasteiger partial charge in [-0.25, -0.2) is 0 Å². The van der Waals surface area contributed by atoms with Crippen molar-refractivity contribution in [1.29, 1.82) is 0 Å². The Bertz CT molecular complexity index is 530. The molecule has 2 rings (SSSR count). The van der Waals surface area contributed by atoms with Gasteiger partial charge in [0.1, 0.15) is 0 Å². The molecule has 3 heteroatoms. The molecule has 1 heterocycles. The molecule has 1 aromatic rings. The van der Waals surface area contributed by atoms with Crippen molar-refractivity contribution in [2.24, 2.45) is 0 Å². The SMILES string of the molecule is CC1=C(C)CC(CCC(C)(C)O)=C(CCc2ccn[nH]2)C1. The predicted molar refractivity (Wildman–Crippen MR) is 87.1 cm³/mol. The lowest BCUT2D eigenvalue weighted by atomic mass is 9.82. The maximum absolute atomic E-state index is 9.98. The molecule has 2 N–H and O–H groups in total. The van der Waals surface area contributed by atoms with E-state index in [1.54, 1.807) is 11.1 Å². The van der Waals surface area contributed by atoms with Gasteiger partial charge in [0.2, 0.25) is 0 Å². The molecule has 116 valence electrons. The average Bonchev–Trinajstić information content (AvgIpc) is 2.90. The van der Waals surface area contributed by atoms with E-state index in [-0.39, 0.29) is 0 Å². The molecule has 1 aliphatic rings. The lowest BCUT2D eigenvalue weighted by Gasteiger charge is -2.25. The largest absolute Gasteiger partial charge is 0.390 e. The summed E-state index contributed by atoms with van der Waals surface area (Å²) in [4.78, 5) is 0. The van der Waals surface area contributed by atoms with E-state index in [1.807, 2.05) is 26.1 Å². The monoisotopic (exact) mass is 288 g/mol. The van der Waals surface area contributed by atoms with E-state index < -0.39 is 5.60 Å². The van der Waals surface area contributed by atoms with Gasteiger partial charge in [0.15, 0.2) is 0 Å². The van der Waals surface area contributed by atoms with E-state index in [9.17, 15) is 5.11 Å². The third-order valence-electron chi connectivity index (χ3n) is 4.48. The molecular weight excluding hydrogens is 260 g/mol. The zero-order valence-electron chi connectivity index (χ0n) is 13.8. The van der Waals surface area contributed by atoms with Gasteiger partial charge in [-0.3, -0.25) is 5.10 Å². The maximum Gasteiger partial charge on any atom is 0.0594 e. The number of nitrogens with one attached hydrogen (secondary N) is 1. The highest BCUT2D eigenvalue weighted by molar-refractivity contribution is 5.33. The van der Waals surface area contributed by atoms with Gasteiger partial charge in [-0.15, -0.1) is 0 Å². The first-order chi connectivity index (χ1) is 9.85. The fourth-order valence-electron chi connectivity index (χ4n) is 2.89. The van der Waals surface area contributed by atoms with Gasteiger partial charge in [-0.2, -0.15) is 5.10 Å². The molecule has 0 saturated heterocycles. The third kappa shape index (κ3) is 4.85. The minimum Gasteiger partial charge on any atom is -0.390 e. The van der Waals surface area contributed by atoms with Gasteiger partial charge in [0.25, 0.3) is 0 Å². The second-order valence-corrected chi connectivity index (χ2v) is 7.02. The first-order valence-electron chi connectivity index (χ1n) is 7.91. The van der Waals surface area contributed by atoms with E-state index in [4.69, 9.17) is 0 Å². The predicted octanol–water partition coefficient (Wildman–Crippen LogP) is 4.32. The van der Waals surface area contributed by atoms with E-state index in [0.29, 0.717) is 0 Å². The van der Waals surface area contributed by atoms with Gasteiger partial charge in [0.05, 0.1) is 5.60 Å². The van der Waals surface area contributed by atoms with E-state index in [1.165, 1.54) is 16.8 Å². The van der Waals surface area contributed by atoms with Gasteiger partial charge >= 0.3 is 0 Å². The highest BCUT2D eigenvalue weighted by atomic mass is 16.3. The molecule has 0 bridgehead atoms. The van der Waals surface area contributed by atoms with Gasteiger partial charge < -0.3 is 5.11 Å². The van der Waals surface area contributed by atoms with Crippen LogP contribution >= 0.6 is 0 Å². The van der Waals surface area contributed by atoms with Crippen LogP contribution in [0.25, 0.3) is 0 Å². The Kier molecular flexibility index (Phi) is 5.04. The molecule has 0 unspecified atom stereocenters. The molecule has 1 aromatic heterocycles. The molecular formula is C18H28N2O. The summed E-state index contributed by atoms with van der Waals surface area (Å²) in [5.41, 5.74) is 6.75. The van der Waals surface area contributed by atoms with Crippen molar-refractivity contribution in [2.45, 2.75) is 71.8 Å². The Morgan fingerprint density at radius 1 is 1.10 bits per heavy atom. The number of nitrogens with zero attached hydrogens (tertiary/aromatic N) is 1. The van der Waals surface area contributed by atoms with Crippen molar-refractivity contribution >= 4 is 0 Å². The standard InChI is InChI=1S/C18H28N2O/c1-13-11-15(5-6-17-8-10-19-20-17)16(12-14(13)2)7-9-18(3,4)21/h8,10,21H,5-7,9,11-12H2,1-4H3,(H,19,20). The number of allylic oxidation sites excluding steroid dienone is 4. The number of rotatable bonds is 6. The topological polar surface area (TPSA) is 48.9 Å². The fraction of sp³-hybridized carbons (Fsp3) is 0.611. The molecule has 3 nitrogen and oxygen atoms in total. The van der Waals surface area contributed by atoms with Crippen molar-refractivity contribution in [3.8, 4) is 0 Å². The smallest absolute Gasteiger partial charge is 0.0594 e. The molecule has 1 aliphatic carbocycles. The summed E-state index contributed by atoms with van der Waals surface area (Å²) in [6, 6.07) is 2.05. The first kappa shape index (κ1) is 16.0. The highest BCUT2D eigenvalue weighted by Gasteiger charge is 2.19. The second kappa shape index (κ2) is 6.61. The molecule has 21 heavy (non-hydrogen) atoms. The number of hydrogen-bond donors (Lipinski definition) is 2. The van der Waals surface area contributed by atoms with E-state index >= 15 is 0 Å². The van der Waals surface area contributed by atoms with Gasteiger partial charge in [-0.05, 0) is 72.3 Å². The summed E-state index contributed by atoms with van der Waals surface area (Å²) in [6.45, 7) is 8.28. The molecule has 0 radical (unpaired) electrons. The lowest BCUT2D eigenvalue weighted by molar-refractivity contribution is 0.0711. The highest BCUT2D eigenvalue weighted by Crippen LogP contribution is 2.35. The van der Waals surface area contributed by atoms with Crippen LogP contribution in [0.1, 0.15) is 65.5 Å². The van der Waals surface area contributed by atoms with Crippen LogP contribution in [-0.4, -0.2) is 20.9 Å². The normalized spacial score (nSPS) is 16.8. The van der Waals surface area contributed by atoms with Gasteiger partial charge in [0, 0.05) is 11.9 Å². The van der Waals surface area contributed by atoms with Crippen molar-refractivity contribution in [3.63, 3.8) is 0 Å². The Labute approximate surface area is 128 Å². The summed E-state index contributed by atoms with van der Waals surface area (Å²) in [5.74, 6) is 0. The number of H-pyrrole nitrogens is 1. The van der Waals surface area contributed by atoms with Crippen molar-refractivity contribution < 1.29 is 5.11 Å². The van der Waals surface area contributed by atoms with Crippen molar-refractivity contribution in [2.75, 3.05) is 0 Å². The molecule has 0 atom stereocenters. The zero-order valence-corrected chi connectivity index (χ0v) is 13.8. The van der Waals surface area contributed by atoms with Crippen LogP contribution in [0.3, 0.4) is 0 Å². The molecule has 0 spiro atoms. The van der Waals surface area contributed by atoms with E-state index in [2.05, 4.69) is 24.0 Å². The minimum atomic E-state index is -0.578. The average molecular weight is 288 g/mol. The number of hydrogen-bond acceptors (Lipinski definition) is 2. The molecule has 0 aromatic carbocycles. The summed E-state index contributed by atoms with van der Waals surface area (Å²) in [6.07, 6.45) is 7.95. The Hall–Kier alpha value is -1.35. The van der Waals surface area contributed by atoms with Crippen LogP contribution in [0.2, 0.25) is 0 Å². The second-order valence-electron chi connectivity index (χ2n) is 7.02.